The van der Waals surface area contributed by atoms with Gasteiger partial charge in [-0.15, -0.1) is 23.1 Å². The Morgan fingerprint density at radius 2 is 1.28 bits per heavy atom. The summed E-state index contributed by atoms with van der Waals surface area (Å²) in [6.07, 6.45) is 1.65. The molecular weight excluding hydrogens is 661 g/mol. The van der Waals surface area contributed by atoms with Gasteiger partial charge in [0, 0.05) is 26.6 Å². The van der Waals surface area contributed by atoms with Crippen LogP contribution < -0.4 is 16.0 Å². The Hall–Kier alpha value is -5.77. The maximum atomic E-state index is 13.6. The van der Waals surface area contributed by atoms with Crippen LogP contribution in [0.4, 0.5) is 10.8 Å². The number of anilines is 2. The van der Waals surface area contributed by atoms with Gasteiger partial charge in [-0.1, -0.05) is 103 Å². The second-order valence-electron chi connectivity index (χ2n) is 11.4. The minimum Gasteiger partial charge on any atom is -0.321 e. The van der Waals surface area contributed by atoms with Gasteiger partial charge in [0.25, 0.3) is 11.8 Å². The second-order valence-corrected chi connectivity index (χ2v) is 14.0. The Labute approximate surface area is 299 Å². The number of aromatic nitrogens is 1. The number of benzene rings is 5. The first kappa shape index (κ1) is 34.1. The molecule has 1 aromatic heterocycles. The van der Waals surface area contributed by atoms with E-state index in [1.807, 2.05) is 117 Å². The molecule has 0 radical (unpaired) electrons. The fourth-order valence-corrected chi connectivity index (χ4v) is 6.81. The first-order valence-electron chi connectivity index (χ1n) is 16.0. The molecule has 0 aliphatic carbocycles. The SMILES string of the molecule is Cc1sc(NC(=O)C(C)Sc2ccc(NC(=O)/C(=C/c3ccc(-c4ccccc4)cc3)NC(=O)c3ccccc3)cc2)nc1-c1ccccc1. The normalized spacial score (nSPS) is 11.8. The molecule has 1 heterocycles. The van der Waals surface area contributed by atoms with Crippen molar-refractivity contribution in [3.63, 3.8) is 0 Å². The molecular formula is C41H34N4O3S2. The summed E-state index contributed by atoms with van der Waals surface area (Å²) in [7, 11) is 0. The lowest BCUT2D eigenvalue weighted by Gasteiger charge is -2.13. The Balaban J connectivity index is 1.11. The fourth-order valence-electron chi connectivity index (χ4n) is 5.11. The van der Waals surface area contributed by atoms with Crippen LogP contribution in [0.5, 0.6) is 0 Å². The Bertz CT molecular complexity index is 2110. The summed E-state index contributed by atoms with van der Waals surface area (Å²) in [5.41, 5.74) is 5.84. The third-order valence-corrected chi connectivity index (χ3v) is 9.72. The molecule has 0 bridgehead atoms. The van der Waals surface area contributed by atoms with Crippen molar-refractivity contribution in [2.45, 2.75) is 24.0 Å². The van der Waals surface area contributed by atoms with Gasteiger partial charge in [0.15, 0.2) is 5.13 Å². The largest absolute Gasteiger partial charge is 0.321 e. The van der Waals surface area contributed by atoms with Crippen molar-refractivity contribution >= 4 is 57.7 Å². The predicted octanol–water partition coefficient (Wildman–Crippen LogP) is 9.31. The number of hydrogen-bond donors (Lipinski definition) is 3. The maximum Gasteiger partial charge on any atom is 0.272 e. The molecule has 0 saturated heterocycles. The van der Waals surface area contributed by atoms with Crippen LogP contribution in [0.2, 0.25) is 0 Å². The standard InChI is InChI=1S/C41H34N4O3S2/c1-27-37(32-14-8-4-9-15-32)44-41(50-27)45-38(46)28(2)49-35-24-22-34(23-25-35)42-40(48)36(43-39(47)33-16-10-5-11-17-33)26-29-18-20-31(21-19-29)30-12-6-3-7-13-30/h3-26,28H,1-2H3,(H,42,48)(H,43,47)(H,44,45,46)/b36-26-. The zero-order valence-corrected chi connectivity index (χ0v) is 29.1. The van der Waals surface area contributed by atoms with Gasteiger partial charge < -0.3 is 16.0 Å². The summed E-state index contributed by atoms with van der Waals surface area (Å²) >= 11 is 2.85. The lowest BCUT2D eigenvalue weighted by atomic mass is 10.0. The first-order valence-corrected chi connectivity index (χ1v) is 17.7. The minimum atomic E-state index is -0.469. The number of thioether (sulfide) groups is 1. The molecule has 248 valence electrons. The van der Waals surface area contributed by atoms with Crippen LogP contribution in [-0.2, 0) is 9.59 Å². The van der Waals surface area contributed by atoms with Crippen molar-refractivity contribution in [2.24, 2.45) is 0 Å². The minimum absolute atomic E-state index is 0.0999. The molecule has 7 nitrogen and oxygen atoms in total. The van der Waals surface area contributed by atoms with Crippen molar-refractivity contribution in [1.29, 1.82) is 0 Å². The van der Waals surface area contributed by atoms with E-state index in [1.165, 1.54) is 23.1 Å². The number of hydrogen-bond acceptors (Lipinski definition) is 6. The number of nitrogens with zero attached hydrogens (tertiary/aromatic N) is 1. The molecule has 0 fully saturated rings. The number of aryl methyl sites for hydroxylation is 1. The zero-order valence-electron chi connectivity index (χ0n) is 27.4. The molecule has 6 aromatic rings. The molecule has 0 saturated carbocycles. The highest BCUT2D eigenvalue weighted by atomic mass is 32.2. The summed E-state index contributed by atoms with van der Waals surface area (Å²) in [5, 5.41) is 8.81. The van der Waals surface area contributed by atoms with Crippen LogP contribution in [0.3, 0.4) is 0 Å². The molecule has 9 heteroatoms. The molecule has 5 aromatic carbocycles. The fraction of sp³-hybridized carbons (Fsp3) is 0.0732. The Kier molecular flexibility index (Phi) is 11.0. The average molecular weight is 695 g/mol. The summed E-state index contributed by atoms with van der Waals surface area (Å²) in [5.74, 6) is -1.01. The number of carbonyl (C=O) groups excluding carboxylic acids is 3. The van der Waals surface area contributed by atoms with Gasteiger partial charge in [0.1, 0.15) is 5.70 Å². The number of rotatable bonds is 11. The molecule has 6 rings (SSSR count). The summed E-state index contributed by atoms with van der Waals surface area (Å²) in [6, 6.07) is 43.7. The topological polar surface area (TPSA) is 100 Å². The lowest BCUT2D eigenvalue weighted by molar-refractivity contribution is -0.115. The zero-order chi connectivity index (χ0) is 34.9. The van der Waals surface area contributed by atoms with E-state index in [4.69, 9.17) is 0 Å². The van der Waals surface area contributed by atoms with Gasteiger partial charge in [0.2, 0.25) is 5.91 Å². The second kappa shape index (κ2) is 16.1. The highest BCUT2D eigenvalue weighted by Gasteiger charge is 2.19. The van der Waals surface area contributed by atoms with Crippen molar-refractivity contribution in [3.8, 4) is 22.4 Å². The molecule has 0 aliphatic rings. The lowest BCUT2D eigenvalue weighted by Crippen LogP contribution is -2.30. The Morgan fingerprint density at radius 3 is 1.92 bits per heavy atom. The first-order chi connectivity index (χ1) is 24.3. The van der Waals surface area contributed by atoms with Gasteiger partial charge in [-0.2, -0.15) is 0 Å². The summed E-state index contributed by atoms with van der Waals surface area (Å²) in [6.45, 7) is 3.83. The van der Waals surface area contributed by atoms with E-state index in [-0.39, 0.29) is 11.6 Å². The van der Waals surface area contributed by atoms with Crippen molar-refractivity contribution < 1.29 is 14.4 Å². The van der Waals surface area contributed by atoms with Crippen LogP contribution in [-0.4, -0.2) is 28.0 Å². The Morgan fingerprint density at radius 1 is 0.700 bits per heavy atom. The van der Waals surface area contributed by atoms with Crippen molar-refractivity contribution in [1.82, 2.24) is 10.3 Å². The summed E-state index contributed by atoms with van der Waals surface area (Å²) < 4.78 is 0. The van der Waals surface area contributed by atoms with E-state index in [0.717, 1.165) is 37.7 Å². The highest BCUT2D eigenvalue weighted by Crippen LogP contribution is 2.31. The van der Waals surface area contributed by atoms with Gasteiger partial charge in [-0.3, -0.25) is 14.4 Å². The summed E-state index contributed by atoms with van der Waals surface area (Å²) in [4.78, 5) is 46.2. The highest BCUT2D eigenvalue weighted by molar-refractivity contribution is 8.00. The van der Waals surface area contributed by atoms with Gasteiger partial charge >= 0.3 is 0 Å². The van der Waals surface area contributed by atoms with Crippen LogP contribution in [0.15, 0.2) is 150 Å². The van der Waals surface area contributed by atoms with Gasteiger partial charge in [0.05, 0.1) is 10.9 Å². The molecule has 0 aliphatic heterocycles. The van der Waals surface area contributed by atoms with Gasteiger partial charge in [-0.25, -0.2) is 4.98 Å². The monoisotopic (exact) mass is 694 g/mol. The van der Waals surface area contributed by atoms with Crippen LogP contribution >= 0.6 is 23.1 Å². The van der Waals surface area contributed by atoms with E-state index in [1.54, 1.807) is 42.5 Å². The predicted molar refractivity (Wildman–Crippen MR) is 205 cm³/mol. The van der Waals surface area contributed by atoms with E-state index in [0.29, 0.717) is 16.4 Å². The molecule has 1 atom stereocenters. The molecule has 3 N–H and O–H groups in total. The average Bonchev–Trinajstić information content (AvgIpc) is 3.52. The number of amides is 3. The molecule has 1 unspecified atom stereocenters. The molecule has 3 amide bonds. The quantitative estimate of drug-likeness (QED) is 0.0928. The molecule has 50 heavy (non-hydrogen) atoms. The van der Waals surface area contributed by atoms with Gasteiger partial charge in [-0.05, 0) is 73.0 Å². The maximum absolute atomic E-state index is 13.6. The van der Waals surface area contributed by atoms with E-state index >= 15 is 0 Å². The number of carbonyl (C=O) groups is 3. The third-order valence-electron chi connectivity index (χ3n) is 7.73. The van der Waals surface area contributed by atoms with Crippen molar-refractivity contribution in [3.05, 3.63) is 161 Å². The molecule has 0 spiro atoms. The van der Waals surface area contributed by atoms with E-state index < -0.39 is 17.1 Å². The van der Waals surface area contributed by atoms with Crippen LogP contribution in [0.25, 0.3) is 28.5 Å². The third kappa shape index (κ3) is 8.82. The van der Waals surface area contributed by atoms with E-state index in [9.17, 15) is 14.4 Å². The smallest absolute Gasteiger partial charge is 0.272 e. The van der Waals surface area contributed by atoms with Crippen LogP contribution in [0, 0.1) is 6.92 Å². The van der Waals surface area contributed by atoms with Crippen LogP contribution in [0.1, 0.15) is 27.7 Å². The number of nitrogens with one attached hydrogen (secondary N) is 3. The van der Waals surface area contributed by atoms with Crippen molar-refractivity contribution in [2.75, 3.05) is 10.6 Å². The van der Waals surface area contributed by atoms with E-state index in [2.05, 4.69) is 20.9 Å². The number of thiazole rings is 1.